The van der Waals surface area contributed by atoms with Gasteiger partial charge in [0.15, 0.2) is 5.65 Å². The molecular weight excluding hydrogens is 220 g/mol. The Morgan fingerprint density at radius 1 is 1.33 bits per heavy atom. The predicted octanol–water partition coefficient (Wildman–Crippen LogP) is 1.50. The van der Waals surface area contributed by atoms with E-state index in [9.17, 15) is 0 Å². The number of rotatable bonds is 0. The van der Waals surface area contributed by atoms with Gasteiger partial charge in [0.25, 0.3) is 0 Å². The second-order valence-corrected chi connectivity index (χ2v) is 3.32. The zero-order chi connectivity index (χ0) is 8.72. The lowest BCUT2D eigenvalue weighted by Crippen LogP contribution is -1.97. The molecule has 0 radical (unpaired) electrons. The Bertz CT molecular complexity index is 434. The summed E-state index contributed by atoms with van der Waals surface area (Å²) in [6.07, 6.45) is 0. The molecule has 0 saturated carbocycles. The first-order valence-electron chi connectivity index (χ1n) is 3.53. The van der Waals surface area contributed by atoms with Crippen molar-refractivity contribution in [2.24, 2.45) is 0 Å². The van der Waals surface area contributed by atoms with Crippen LogP contribution in [0.25, 0.3) is 5.65 Å². The van der Waals surface area contributed by atoms with Gasteiger partial charge in [-0.15, -0.1) is 10.2 Å². The summed E-state index contributed by atoms with van der Waals surface area (Å²) in [5, 5.41) is 7.85. The van der Waals surface area contributed by atoms with Gasteiger partial charge in [-0.3, -0.25) is 4.40 Å². The molecule has 2 rings (SSSR count). The Labute approximate surface area is 77.8 Å². The largest absolute Gasteiger partial charge is 0.257 e. The smallest absolute Gasteiger partial charge is 0.205 e. The molecule has 0 aromatic carbocycles. The molecule has 62 valence electrons. The summed E-state index contributed by atoms with van der Waals surface area (Å²) in [4.78, 5) is 4.29. The summed E-state index contributed by atoms with van der Waals surface area (Å²) in [6, 6.07) is 1.89. The van der Waals surface area contributed by atoms with Gasteiger partial charge in [0.05, 0.1) is 0 Å². The van der Waals surface area contributed by atoms with Crippen LogP contribution in [0.1, 0.15) is 11.5 Å². The number of aromatic nitrogens is 4. The van der Waals surface area contributed by atoms with E-state index in [4.69, 9.17) is 0 Å². The number of aryl methyl sites for hydroxylation is 2. The van der Waals surface area contributed by atoms with Gasteiger partial charge >= 0.3 is 0 Å². The normalized spacial score (nSPS) is 10.9. The number of fused-ring (bicyclic) bond motifs is 1. The molecule has 0 atom stereocenters. The van der Waals surface area contributed by atoms with E-state index in [1.165, 1.54) is 0 Å². The number of nitrogens with zero attached hydrogens (tertiary/aromatic N) is 4. The second kappa shape index (κ2) is 2.52. The van der Waals surface area contributed by atoms with E-state index < -0.39 is 0 Å². The molecule has 0 amide bonds. The Hall–Kier alpha value is -0.970. The van der Waals surface area contributed by atoms with E-state index in [1.54, 1.807) is 0 Å². The molecule has 0 aliphatic heterocycles. The summed E-state index contributed by atoms with van der Waals surface area (Å²) < 4.78 is 2.55. The lowest BCUT2D eigenvalue weighted by Gasteiger charge is -1.99. The lowest BCUT2D eigenvalue weighted by atomic mass is 10.4. The maximum Gasteiger partial charge on any atom is 0.205 e. The fraction of sp³-hybridized carbons (Fsp3) is 0.286. The maximum absolute atomic E-state index is 4.29. The maximum atomic E-state index is 4.29. The van der Waals surface area contributed by atoms with Crippen molar-refractivity contribution in [1.82, 2.24) is 19.6 Å². The number of halogens is 1. The summed E-state index contributed by atoms with van der Waals surface area (Å²) in [7, 11) is 0. The molecule has 2 aromatic heterocycles. The zero-order valence-corrected chi connectivity index (χ0v) is 8.33. The molecule has 0 spiro atoms. The highest BCUT2D eigenvalue weighted by atomic mass is 79.9. The van der Waals surface area contributed by atoms with E-state index in [0.717, 1.165) is 17.2 Å². The van der Waals surface area contributed by atoms with Crippen LogP contribution < -0.4 is 0 Å². The van der Waals surface area contributed by atoms with Crippen molar-refractivity contribution in [2.75, 3.05) is 0 Å². The van der Waals surface area contributed by atoms with E-state index in [1.807, 2.05) is 24.3 Å². The summed E-state index contributed by atoms with van der Waals surface area (Å²) in [5.74, 6) is 0.891. The molecule has 0 fully saturated rings. The molecule has 0 aliphatic rings. The number of hydrogen-bond acceptors (Lipinski definition) is 3. The van der Waals surface area contributed by atoms with Crippen LogP contribution in [0.2, 0.25) is 0 Å². The van der Waals surface area contributed by atoms with Crippen molar-refractivity contribution in [1.29, 1.82) is 0 Å². The fourth-order valence-corrected chi connectivity index (χ4v) is 1.71. The highest BCUT2D eigenvalue weighted by Gasteiger charge is 2.05. The average molecular weight is 227 g/mol. The first kappa shape index (κ1) is 7.67. The van der Waals surface area contributed by atoms with Gasteiger partial charge in [0.2, 0.25) is 4.73 Å². The lowest BCUT2D eigenvalue weighted by molar-refractivity contribution is 0.935. The van der Waals surface area contributed by atoms with Crippen molar-refractivity contribution in [3.05, 3.63) is 22.3 Å². The van der Waals surface area contributed by atoms with Gasteiger partial charge in [-0.2, -0.15) is 0 Å². The van der Waals surface area contributed by atoms with Crippen molar-refractivity contribution >= 4 is 21.6 Å². The van der Waals surface area contributed by atoms with Crippen LogP contribution in [0.4, 0.5) is 0 Å². The topological polar surface area (TPSA) is 43.1 Å². The third-order valence-corrected chi connectivity index (χ3v) is 2.16. The van der Waals surface area contributed by atoms with Crippen molar-refractivity contribution in [2.45, 2.75) is 13.8 Å². The van der Waals surface area contributed by atoms with Gasteiger partial charge in [-0.05, 0) is 29.8 Å². The first-order chi connectivity index (χ1) is 5.68. The van der Waals surface area contributed by atoms with E-state index >= 15 is 0 Å². The van der Waals surface area contributed by atoms with Crippen LogP contribution in [0.3, 0.4) is 0 Å². The van der Waals surface area contributed by atoms with Gasteiger partial charge < -0.3 is 0 Å². The third-order valence-electron chi connectivity index (χ3n) is 1.65. The zero-order valence-electron chi connectivity index (χ0n) is 6.74. The van der Waals surface area contributed by atoms with E-state index in [2.05, 4.69) is 31.1 Å². The van der Waals surface area contributed by atoms with Crippen LogP contribution >= 0.6 is 15.9 Å². The Kier molecular flexibility index (Phi) is 1.61. The molecule has 2 heterocycles. The van der Waals surface area contributed by atoms with Crippen LogP contribution in [-0.4, -0.2) is 19.6 Å². The van der Waals surface area contributed by atoms with Crippen LogP contribution in [0, 0.1) is 13.8 Å². The van der Waals surface area contributed by atoms with Crippen molar-refractivity contribution in [3.63, 3.8) is 0 Å². The fourth-order valence-electron chi connectivity index (χ4n) is 1.19. The van der Waals surface area contributed by atoms with Crippen molar-refractivity contribution < 1.29 is 0 Å². The first-order valence-corrected chi connectivity index (χ1v) is 4.32. The highest BCUT2D eigenvalue weighted by Crippen LogP contribution is 2.11. The van der Waals surface area contributed by atoms with E-state index in [0.29, 0.717) is 4.73 Å². The van der Waals surface area contributed by atoms with Crippen molar-refractivity contribution in [3.8, 4) is 0 Å². The van der Waals surface area contributed by atoms with Gasteiger partial charge in [0, 0.05) is 11.8 Å². The van der Waals surface area contributed by atoms with Gasteiger partial charge in [0.1, 0.15) is 5.82 Å². The minimum atomic E-state index is 0.697. The summed E-state index contributed by atoms with van der Waals surface area (Å²) in [5.41, 5.74) is 1.78. The van der Waals surface area contributed by atoms with Gasteiger partial charge in [-0.25, -0.2) is 4.98 Å². The summed E-state index contributed by atoms with van der Waals surface area (Å²) in [6.45, 7) is 3.86. The molecule has 2 aromatic rings. The molecule has 0 aliphatic carbocycles. The molecule has 12 heavy (non-hydrogen) atoms. The van der Waals surface area contributed by atoms with Crippen LogP contribution in [0.5, 0.6) is 0 Å². The second-order valence-electron chi connectivity index (χ2n) is 2.61. The third kappa shape index (κ3) is 1.01. The SMILES string of the molecule is Cc1cc2nnc(Br)n2c(C)n1. The average Bonchev–Trinajstić information content (AvgIpc) is 2.31. The Morgan fingerprint density at radius 2 is 2.08 bits per heavy atom. The quantitative estimate of drug-likeness (QED) is 0.684. The molecule has 0 unspecified atom stereocenters. The Morgan fingerprint density at radius 3 is 2.83 bits per heavy atom. The standard InChI is InChI=1S/C7H7BrN4/c1-4-3-6-10-11-7(8)12(6)5(2)9-4/h3H,1-2H3. The highest BCUT2D eigenvalue weighted by molar-refractivity contribution is 9.10. The molecule has 4 nitrogen and oxygen atoms in total. The minimum Gasteiger partial charge on any atom is -0.257 e. The molecular formula is C7H7BrN4. The molecule has 5 heteroatoms. The summed E-state index contributed by atoms with van der Waals surface area (Å²) >= 11 is 3.29. The van der Waals surface area contributed by atoms with Crippen LogP contribution in [0.15, 0.2) is 10.8 Å². The predicted molar refractivity (Wildman–Crippen MR) is 48.0 cm³/mol. The van der Waals surface area contributed by atoms with Crippen LogP contribution in [-0.2, 0) is 0 Å². The number of hydrogen-bond donors (Lipinski definition) is 0. The molecule has 0 saturated heterocycles. The minimum absolute atomic E-state index is 0.697. The van der Waals surface area contributed by atoms with Gasteiger partial charge in [-0.1, -0.05) is 0 Å². The molecule has 0 N–H and O–H groups in total. The Balaban J connectivity index is 2.93. The molecule has 0 bridgehead atoms. The van der Waals surface area contributed by atoms with E-state index in [-0.39, 0.29) is 0 Å². The monoisotopic (exact) mass is 226 g/mol.